The summed E-state index contributed by atoms with van der Waals surface area (Å²) in [6.07, 6.45) is 1.96. The first-order valence-corrected chi connectivity index (χ1v) is 6.43. The van der Waals surface area contributed by atoms with Gasteiger partial charge in [-0.05, 0) is 18.2 Å². The number of benzene rings is 1. The summed E-state index contributed by atoms with van der Waals surface area (Å²) in [5, 5.41) is 4.09. The van der Waals surface area contributed by atoms with E-state index in [4.69, 9.17) is 10.5 Å². The minimum Gasteiger partial charge on any atom is -0.488 e. The van der Waals surface area contributed by atoms with Crippen molar-refractivity contribution in [3.05, 3.63) is 41.5 Å². The van der Waals surface area contributed by atoms with E-state index in [0.717, 1.165) is 5.56 Å². The Morgan fingerprint density at radius 2 is 2.43 bits per heavy atom. The van der Waals surface area contributed by atoms with Crippen molar-refractivity contribution in [2.24, 2.45) is 0 Å². The first-order valence-electron chi connectivity index (χ1n) is 6.43. The average Bonchev–Trinajstić information content (AvgIpc) is 3.00. The predicted molar refractivity (Wildman–Crippen MR) is 72.5 cm³/mol. The lowest BCUT2D eigenvalue weighted by Gasteiger charge is -2.10. The maximum absolute atomic E-state index is 13.2. The van der Waals surface area contributed by atoms with E-state index < -0.39 is 5.97 Å². The minimum atomic E-state index is -0.580. The molecule has 0 fully saturated rings. The van der Waals surface area contributed by atoms with Crippen molar-refractivity contribution < 1.29 is 18.7 Å². The van der Waals surface area contributed by atoms with Crippen molar-refractivity contribution >= 4 is 11.7 Å². The van der Waals surface area contributed by atoms with Gasteiger partial charge in [-0.3, -0.25) is 4.68 Å². The zero-order valence-corrected chi connectivity index (χ0v) is 11.4. The number of nitrogens with zero attached hydrogens (tertiary/aromatic N) is 2. The predicted octanol–water partition coefficient (Wildman–Crippen LogP) is 1.39. The van der Waals surface area contributed by atoms with Crippen molar-refractivity contribution in [2.75, 3.05) is 12.8 Å². The zero-order chi connectivity index (χ0) is 15.0. The van der Waals surface area contributed by atoms with Gasteiger partial charge in [0.1, 0.15) is 17.7 Å². The molecule has 6 nitrogen and oxygen atoms in total. The van der Waals surface area contributed by atoms with Gasteiger partial charge < -0.3 is 15.2 Å². The fourth-order valence-electron chi connectivity index (χ4n) is 2.39. The third-order valence-electron chi connectivity index (χ3n) is 3.32. The second kappa shape index (κ2) is 5.08. The molecule has 7 heteroatoms. The maximum Gasteiger partial charge on any atom is 0.360 e. The van der Waals surface area contributed by atoms with Crippen LogP contribution in [0.3, 0.4) is 0 Å². The molecule has 0 spiro atoms. The Hall–Kier alpha value is -2.57. The van der Waals surface area contributed by atoms with Gasteiger partial charge >= 0.3 is 5.97 Å². The molecule has 110 valence electrons. The number of fused-ring (bicyclic) bond motifs is 1. The second-order valence-electron chi connectivity index (χ2n) is 4.84. The van der Waals surface area contributed by atoms with Crippen molar-refractivity contribution in [1.29, 1.82) is 0 Å². The Morgan fingerprint density at radius 3 is 3.19 bits per heavy atom. The highest BCUT2D eigenvalue weighted by Crippen LogP contribution is 2.30. The van der Waals surface area contributed by atoms with E-state index in [1.165, 1.54) is 23.9 Å². The highest BCUT2D eigenvalue weighted by molar-refractivity contribution is 5.92. The largest absolute Gasteiger partial charge is 0.488 e. The third-order valence-corrected chi connectivity index (χ3v) is 3.32. The molecule has 0 aliphatic carbocycles. The van der Waals surface area contributed by atoms with Crippen molar-refractivity contribution in [3.8, 4) is 5.75 Å². The number of aromatic nitrogens is 2. The van der Waals surface area contributed by atoms with Crippen molar-refractivity contribution in [3.63, 3.8) is 0 Å². The Labute approximate surface area is 120 Å². The standard InChI is InChI=1S/C14H14FN3O3/c1-20-14(19)13-11(16)7-18(17-13)6-10-5-8-4-9(15)2-3-12(8)21-10/h2-4,7,10H,5-6,16H2,1H3. The highest BCUT2D eigenvalue weighted by atomic mass is 19.1. The average molecular weight is 291 g/mol. The summed E-state index contributed by atoms with van der Waals surface area (Å²) >= 11 is 0. The molecule has 1 aromatic carbocycles. The molecule has 1 aliphatic heterocycles. The molecule has 2 heterocycles. The monoisotopic (exact) mass is 291 g/mol. The molecule has 1 aliphatic rings. The number of hydrogen-bond donors (Lipinski definition) is 1. The van der Waals surface area contributed by atoms with Crippen LogP contribution in [-0.2, 0) is 17.7 Å². The quantitative estimate of drug-likeness (QED) is 0.865. The molecule has 3 rings (SSSR count). The van der Waals surface area contributed by atoms with E-state index in [1.807, 2.05) is 0 Å². The topological polar surface area (TPSA) is 79.4 Å². The Kier molecular flexibility index (Phi) is 3.25. The number of carbonyl (C=O) groups excluding carboxylic acids is 1. The van der Waals surface area contributed by atoms with Gasteiger partial charge in [-0.25, -0.2) is 9.18 Å². The van der Waals surface area contributed by atoms with E-state index >= 15 is 0 Å². The van der Waals surface area contributed by atoms with Gasteiger partial charge in [-0.1, -0.05) is 0 Å². The molecule has 1 aromatic heterocycles. The van der Waals surface area contributed by atoms with Crippen LogP contribution >= 0.6 is 0 Å². The number of ether oxygens (including phenoxy) is 2. The van der Waals surface area contributed by atoms with Crippen LogP contribution in [0.15, 0.2) is 24.4 Å². The number of anilines is 1. The fourth-order valence-corrected chi connectivity index (χ4v) is 2.39. The SMILES string of the molecule is COC(=O)c1nn(CC2Cc3cc(F)ccc3O2)cc1N. The van der Waals surface area contributed by atoms with Crippen LogP contribution in [0.25, 0.3) is 0 Å². The van der Waals surface area contributed by atoms with Gasteiger partial charge in [0.15, 0.2) is 5.69 Å². The smallest absolute Gasteiger partial charge is 0.360 e. The number of nitrogens with two attached hydrogens (primary N) is 1. The number of nitrogen functional groups attached to an aromatic ring is 1. The lowest BCUT2D eigenvalue weighted by Crippen LogP contribution is -2.21. The molecule has 2 aromatic rings. The number of hydrogen-bond acceptors (Lipinski definition) is 5. The van der Waals surface area contributed by atoms with Crippen LogP contribution in [0.1, 0.15) is 16.1 Å². The van der Waals surface area contributed by atoms with Crippen LogP contribution in [0.5, 0.6) is 5.75 Å². The zero-order valence-electron chi connectivity index (χ0n) is 11.4. The maximum atomic E-state index is 13.2. The Morgan fingerprint density at radius 1 is 1.62 bits per heavy atom. The molecule has 1 unspecified atom stereocenters. The molecule has 0 radical (unpaired) electrons. The van der Waals surface area contributed by atoms with Crippen LogP contribution in [0.4, 0.5) is 10.1 Å². The minimum absolute atomic E-state index is 0.0825. The second-order valence-corrected chi connectivity index (χ2v) is 4.84. The molecule has 1 atom stereocenters. The summed E-state index contributed by atoms with van der Waals surface area (Å²) in [5.74, 6) is -0.187. The normalized spacial score (nSPS) is 16.4. The van der Waals surface area contributed by atoms with Gasteiger partial charge in [0.05, 0.1) is 19.3 Å². The van der Waals surface area contributed by atoms with Gasteiger partial charge in [-0.15, -0.1) is 0 Å². The number of carbonyl (C=O) groups is 1. The Bertz CT molecular complexity index is 699. The molecular weight excluding hydrogens is 277 g/mol. The molecule has 0 saturated heterocycles. The Balaban J connectivity index is 1.73. The van der Waals surface area contributed by atoms with Gasteiger partial charge in [0.25, 0.3) is 0 Å². The van der Waals surface area contributed by atoms with E-state index in [1.54, 1.807) is 12.3 Å². The number of methoxy groups -OCH3 is 1. The van der Waals surface area contributed by atoms with Crippen LogP contribution < -0.4 is 10.5 Å². The fraction of sp³-hybridized carbons (Fsp3) is 0.286. The number of esters is 1. The number of rotatable bonds is 3. The molecule has 0 saturated carbocycles. The van der Waals surface area contributed by atoms with Crippen molar-refractivity contribution in [2.45, 2.75) is 19.1 Å². The molecule has 2 N–H and O–H groups in total. The number of halogens is 1. The van der Waals surface area contributed by atoms with E-state index in [9.17, 15) is 9.18 Å². The molecular formula is C14H14FN3O3. The summed E-state index contributed by atoms with van der Waals surface area (Å²) in [7, 11) is 1.27. The van der Waals surface area contributed by atoms with Crippen molar-refractivity contribution in [1.82, 2.24) is 9.78 Å². The third kappa shape index (κ3) is 2.54. The van der Waals surface area contributed by atoms with E-state index in [2.05, 4.69) is 9.84 Å². The van der Waals surface area contributed by atoms with Gasteiger partial charge in [-0.2, -0.15) is 5.10 Å². The van der Waals surface area contributed by atoms with Crippen LogP contribution in [0.2, 0.25) is 0 Å². The first-order chi connectivity index (χ1) is 10.1. The van der Waals surface area contributed by atoms with E-state index in [-0.39, 0.29) is 23.3 Å². The molecule has 0 amide bonds. The summed E-state index contributed by atoms with van der Waals surface area (Å²) in [4.78, 5) is 11.4. The van der Waals surface area contributed by atoms with Crippen LogP contribution in [0, 0.1) is 5.82 Å². The lowest BCUT2D eigenvalue weighted by atomic mass is 10.1. The summed E-state index contributed by atoms with van der Waals surface area (Å²) < 4.78 is 25.0. The molecule has 21 heavy (non-hydrogen) atoms. The van der Waals surface area contributed by atoms with Crippen LogP contribution in [-0.4, -0.2) is 29.0 Å². The lowest BCUT2D eigenvalue weighted by molar-refractivity contribution is 0.0593. The highest BCUT2D eigenvalue weighted by Gasteiger charge is 2.25. The van der Waals surface area contributed by atoms with Gasteiger partial charge in [0.2, 0.25) is 0 Å². The molecule has 0 bridgehead atoms. The summed E-state index contributed by atoms with van der Waals surface area (Å²) in [6.45, 7) is 0.414. The summed E-state index contributed by atoms with van der Waals surface area (Å²) in [5.41, 5.74) is 6.88. The first kappa shape index (κ1) is 13.4. The summed E-state index contributed by atoms with van der Waals surface area (Å²) in [6, 6.07) is 4.44. The van der Waals surface area contributed by atoms with Gasteiger partial charge in [0, 0.05) is 18.2 Å². The van der Waals surface area contributed by atoms with E-state index in [0.29, 0.717) is 18.7 Å².